The molecule has 0 aliphatic carbocycles. The number of phenols is 1. The minimum atomic E-state index is -0.397. The van der Waals surface area contributed by atoms with Gasteiger partial charge in [0.25, 0.3) is 5.91 Å². The van der Waals surface area contributed by atoms with E-state index in [1.165, 1.54) is 23.8 Å². The van der Waals surface area contributed by atoms with Crippen molar-refractivity contribution in [3.8, 4) is 5.75 Å². The molecule has 0 heterocycles. The molecule has 0 atom stereocenters. The van der Waals surface area contributed by atoms with Gasteiger partial charge in [-0.1, -0.05) is 54.1 Å². The predicted octanol–water partition coefficient (Wildman–Crippen LogP) is 4.89. The molecular formula is C20H16ClNO2. The first-order valence-corrected chi connectivity index (χ1v) is 7.92. The normalized spacial score (nSPS) is 10.4. The maximum absolute atomic E-state index is 12.2. The fraction of sp³-hybridized carbons (Fsp3) is 0.0500. The second-order valence-corrected chi connectivity index (χ2v) is 5.91. The summed E-state index contributed by atoms with van der Waals surface area (Å²) in [5.74, 6) is -0.497. The van der Waals surface area contributed by atoms with Crippen molar-refractivity contribution < 1.29 is 9.90 Å². The van der Waals surface area contributed by atoms with Crippen LogP contribution in [0.1, 0.15) is 21.5 Å². The van der Waals surface area contributed by atoms with Crippen LogP contribution in [0.15, 0.2) is 72.8 Å². The zero-order valence-corrected chi connectivity index (χ0v) is 13.6. The number of hydrogen-bond acceptors (Lipinski definition) is 2. The average Bonchev–Trinajstić information content (AvgIpc) is 2.59. The lowest BCUT2D eigenvalue weighted by Gasteiger charge is -2.08. The first kappa shape index (κ1) is 16.1. The van der Waals surface area contributed by atoms with Crippen LogP contribution in [0.5, 0.6) is 5.75 Å². The molecule has 3 nitrogen and oxygen atoms in total. The molecule has 0 saturated carbocycles. The van der Waals surface area contributed by atoms with Gasteiger partial charge in [0.05, 0.1) is 5.56 Å². The van der Waals surface area contributed by atoms with Crippen molar-refractivity contribution in [2.75, 3.05) is 5.32 Å². The van der Waals surface area contributed by atoms with Crippen LogP contribution in [0.3, 0.4) is 0 Å². The van der Waals surface area contributed by atoms with Crippen molar-refractivity contribution in [2.45, 2.75) is 6.42 Å². The molecule has 1 amide bonds. The van der Waals surface area contributed by atoms with Crippen molar-refractivity contribution in [1.29, 1.82) is 0 Å². The Morgan fingerprint density at radius 3 is 2.29 bits per heavy atom. The lowest BCUT2D eigenvalue weighted by molar-refractivity contribution is 0.102. The standard InChI is InChI=1S/C20H16ClNO2/c21-16-8-11-19(23)18(13-16)20(24)22-17-9-6-15(7-10-17)12-14-4-2-1-3-5-14/h1-11,13,23H,12H2,(H,22,24). The van der Waals surface area contributed by atoms with Gasteiger partial charge in [-0.3, -0.25) is 4.79 Å². The molecule has 0 aliphatic heterocycles. The van der Waals surface area contributed by atoms with Gasteiger partial charge in [0.1, 0.15) is 5.75 Å². The zero-order chi connectivity index (χ0) is 16.9. The van der Waals surface area contributed by atoms with Crippen LogP contribution in [0, 0.1) is 0 Å². The molecule has 3 aromatic rings. The van der Waals surface area contributed by atoms with Crippen LogP contribution in [-0.2, 0) is 6.42 Å². The number of halogens is 1. The topological polar surface area (TPSA) is 49.3 Å². The molecule has 0 aliphatic rings. The molecule has 3 aromatic carbocycles. The Morgan fingerprint density at radius 1 is 0.917 bits per heavy atom. The van der Waals surface area contributed by atoms with Crippen molar-refractivity contribution in [2.24, 2.45) is 0 Å². The summed E-state index contributed by atoms with van der Waals surface area (Å²) >= 11 is 5.87. The van der Waals surface area contributed by atoms with Crippen molar-refractivity contribution in [3.63, 3.8) is 0 Å². The van der Waals surface area contributed by atoms with Gasteiger partial charge in [0.2, 0.25) is 0 Å². The second kappa shape index (κ2) is 7.20. The lowest BCUT2D eigenvalue weighted by atomic mass is 10.0. The molecule has 4 heteroatoms. The molecule has 3 rings (SSSR count). The van der Waals surface area contributed by atoms with E-state index >= 15 is 0 Å². The molecule has 24 heavy (non-hydrogen) atoms. The molecule has 2 N–H and O–H groups in total. The fourth-order valence-electron chi connectivity index (χ4n) is 2.43. The minimum absolute atomic E-state index is 0.0994. The van der Waals surface area contributed by atoms with Gasteiger partial charge in [0, 0.05) is 10.7 Å². The van der Waals surface area contributed by atoms with Crippen LogP contribution in [0.4, 0.5) is 5.69 Å². The number of aromatic hydroxyl groups is 1. The maximum Gasteiger partial charge on any atom is 0.259 e. The van der Waals surface area contributed by atoms with Crippen LogP contribution in [0.25, 0.3) is 0 Å². The Bertz CT molecular complexity index is 845. The van der Waals surface area contributed by atoms with Gasteiger partial charge < -0.3 is 10.4 Å². The van der Waals surface area contributed by atoms with E-state index in [2.05, 4.69) is 17.4 Å². The molecule has 0 spiro atoms. The number of hydrogen-bond donors (Lipinski definition) is 2. The number of anilines is 1. The van der Waals surface area contributed by atoms with E-state index in [9.17, 15) is 9.90 Å². The summed E-state index contributed by atoms with van der Waals surface area (Å²) in [5.41, 5.74) is 3.20. The third kappa shape index (κ3) is 3.94. The largest absolute Gasteiger partial charge is 0.507 e. The molecule has 0 saturated heterocycles. The Labute approximate surface area is 145 Å². The van der Waals surface area contributed by atoms with Crippen molar-refractivity contribution in [1.82, 2.24) is 0 Å². The highest BCUT2D eigenvalue weighted by Gasteiger charge is 2.12. The zero-order valence-electron chi connectivity index (χ0n) is 12.9. The Kier molecular flexibility index (Phi) is 4.82. The van der Waals surface area contributed by atoms with E-state index in [1.54, 1.807) is 0 Å². The number of carbonyl (C=O) groups excluding carboxylic acids is 1. The quantitative estimate of drug-likeness (QED) is 0.712. The van der Waals surface area contributed by atoms with Crippen LogP contribution < -0.4 is 5.32 Å². The summed E-state index contributed by atoms with van der Waals surface area (Å²) in [5, 5.41) is 12.9. The highest BCUT2D eigenvalue weighted by atomic mass is 35.5. The fourth-order valence-corrected chi connectivity index (χ4v) is 2.60. The number of phenolic OH excluding ortho intramolecular Hbond substituents is 1. The van der Waals surface area contributed by atoms with Crippen LogP contribution in [0.2, 0.25) is 5.02 Å². The van der Waals surface area contributed by atoms with Gasteiger partial charge in [-0.15, -0.1) is 0 Å². The third-order valence-electron chi connectivity index (χ3n) is 3.67. The smallest absolute Gasteiger partial charge is 0.259 e. The molecule has 120 valence electrons. The highest BCUT2D eigenvalue weighted by molar-refractivity contribution is 6.31. The van der Waals surface area contributed by atoms with Crippen molar-refractivity contribution >= 4 is 23.2 Å². The second-order valence-electron chi connectivity index (χ2n) is 5.47. The lowest BCUT2D eigenvalue weighted by Crippen LogP contribution is -2.12. The average molecular weight is 338 g/mol. The maximum atomic E-state index is 12.2. The third-order valence-corrected chi connectivity index (χ3v) is 3.90. The summed E-state index contributed by atoms with van der Waals surface area (Å²) in [6.45, 7) is 0. The minimum Gasteiger partial charge on any atom is -0.507 e. The highest BCUT2D eigenvalue weighted by Crippen LogP contribution is 2.23. The van der Waals surface area contributed by atoms with E-state index in [4.69, 9.17) is 11.6 Å². The number of nitrogens with one attached hydrogen (secondary N) is 1. The van der Waals surface area contributed by atoms with Crippen LogP contribution in [-0.4, -0.2) is 11.0 Å². The number of rotatable bonds is 4. The van der Waals surface area contributed by atoms with Gasteiger partial charge in [-0.05, 0) is 47.9 Å². The summed E-state index contributed by atoms with van der Waals surface area (Å²) in [4.78, 5) is 12.2. The predicted molar refractivity (Wildman–Crippen MR) is 96.8 cm³/mol. The van der Waals surface area contributed by atoms with E-state index in [-0.39, 0.29) is 11.3 Å². The Hall–Kier alpha value is -2.78. The number of carbonyl (C=O) groups is 1. The Balaban J connectivity index is 1.70. The van der Waals surface area contributed by atoms with E-state index in [1.807, 2.05) is 42.5 Å². The van der Waals surface area contributed by atoms with Crippen LogP contribution >= 0.6 is 11.6 Å². The summed E-state index contributed by atoms with van der Waals surface area (Å²) < 4.78 is 0. The molecule has 0 unspecified atom stereocenters. The SMILES string of the molecule is O=C(Nc1ccc(Cc2ccccc2)cc1)c1cc(Cl)ccc1O. The van der Waals surface area contributed by atoms with Crippen molar-refractivity contribution in [3.05, 3.63) is 94.5 Å². The van der Waals surface area contributed by atoms with E-state index in [0.29, 0.717) is 10.7 Å². The molecular weight excluding hydrogens is 322 g/mol. The summed E-state index contributed by atoms with van der Waals surface area (Å²) in [6.07, 6.45) is 0.837. The molecule has 0 aromatic heterocycles. The molecule has 0 radical (unpaired) electrons. The summed E-state index contributed by atoms with van der Waals surface area (Å²) in [7, 11) is 0. The van der Waals surface area contributed by atoms with E-state index in [0.717, 1.165) is 12.0 Å². The van der Waals surface area contributed by atoms with Gasteiger partial charge >= 0.3 is 0 Å². The number of benzene rings is 3. The first-order chi connectivity index (χ1) is 11.6. The van der Waals surface area contributed by atoms with Gasteiger partial charge in [-0.2, -0.15) is 0 Å². The number of amides is 1. The molecule has 0 fully saturated rings. The summed E-state index contributed by atoms with van der Waals surface area (Å²) in [6, 6.07) is 22.2. The van der Waals surface area contributed by atoms with Gasteiger partial charge in [0.15, 0.2) is 0 Å². The first-order valence-electron chi connectivity index (χ1n) is 7.54. The monoisotopic (exact) mass is 337 g/mol. The van der Waals surface area contributed by atoms with E-state index < -0.39 is 5.91 Å². The van der Waals surface area contributed by atoms with Gasteiger partial charge in [-0.25, -0.2) is 0 Å². The molecule has 0 bridgehead atoms. The Morgan fingerprint density at radius 2 is 1.58 bits per heavy atom.